The predicted octanol–water partition coefficient (Wildman–Crippen LogP) is 3.83. The number of ether oxygens (including phenoxy) is 1. The summed E-state index contributed by atoms with van der Waals surface area (Å²) in [5.74, 6) is 1.01. The Kier molecular flexibility index (Phi) is 4.44. The Balaban J connectivity index is 2.12. The van der Waals surface area contributed by atoms with Gasteiger partial charge in [-0.05, 0) is 48.9 Å². The highest BCUT2D eigenvalue weighted by atomic mass is 16.5. The van der Waals surface area contributed by atoms with Crippen LogP contribution in [0.1, 0.15) is 40.5 Å². The van der Waals surface area contributed by atoms with Gasteiger partial charge in [-0.25, -0.2) is 0 Å². The molecule has 3 aliphatic carbocycles. The Hall–Kier alpha value is -1.09. The molecular formula is C21H32O3. The lowest BCUT2D eigenvalue weighted by Crippen LogP contribution is -2.43. The molecule has 0 saturated heterocycles. The Morgan fingerprint density at radius 3 is 2.71 bits per heavy atom. The van der Waals surface area contributed by atoms with Crippen molar-refractivity contribution in [2.75, 3.05) is 7.11 Å². The van der Waals surface area contributed by atoms with Gasteiger partial charge < -0.3 is 9.84 Å². The fraction of sp³-hybridized carbons (Fsp3) is 0.762. The number of allylic oxidation sites excluding steroid dienone is 3. The number of aliphatic hydroxyl groups is 1. The highest BCUT2D eigenvalue weighted by Gasteiger charge is 2.64. The van der Waals surface area contributed by atoms with Gasteiger partial charge in [-0.1, -0.05) is 38.5 Å². The summed E-state index contributed by atoms with van der Waals surface area (Å²) >= 11 is 0. The highest BCUT2D eigenvalue weighted by Crippen LogP contribution is 2.66. The molecule has 3 heteroatoms. The fourth-order valence-corrected chi connectivity index (χ4v) is 7.01. The quantitative estimate of drug-likeness (QED) is 0.617. The average molecular weight is 332 g/mol. The number of carbonyl (C=O) groups excluding carboxylic acids is 1. The van der Waals surface area contributed by atoms with E-state index in [9.17, 15) is 9.90 Å². The van der Waals surface area contributed by atoms with Crippen LogP contribution in [0.3, 0.4) is 0 Å². The molecule has 3 nitrogen and oxygen atoms in total. The zero-order valence-electron chi connectivity index (χ0n) is 15.7. The molecule has 3 aliphatic rings. The van der Waals surface area contributed by atoms with Crippen LogP contribution in [-0.4, -0.2) is 24.3 Å². The Morgan fingerprint density at radius 1 is 1.46 bits per heavy atom. The first kappa shape index (κ1) is 17.7. The molecule has 9 atom stereocenters. The molecule has 0 aromatic carbocycles. The monoisotopic (exact) mass is 332 g/mol. The van der Waals surface area contributed by atoms with Crippen molar-refractivity contribution in [3.63, 3.8) is 0 Å². The third kappa shape index (κ3) is 2.31. The van der Waals surface area contributed by atoms with Gasteiger partial charge in [-0.2, -0.15) is 0 Å². The zero-order chi connectivity index (χ0) is 17.8. The molecule has 0 aliphatic heterocycles. The molecule has 0 heterocycles. The maximum absolute atomic E-state index is 12.6. The van der Waals surface area contributed by atoms with Crippen LogP contribution in [0.15, 0.2) is 24.3 Å². The number of hydrogen-bond acceptors (Lipinski definition) is 3. The molecule has 0 amide bonds. The van der Waals surface area contributed by atoms with Crippen molar-refractivity contribution in [2.45, 2.75) is 46.6 Å². The largest absolute Gasteiger partial charge is 0.469 e. The lowest BCUT2D eigenvalue weighted by atomic mass is 9.56. The molecular weight excluding hydrogens is 300 g/mol. The van der Waals surface area contributed by atoms with Crippen molar-refractivity contribution in [3.05, 3.63) is 24.3 Å². The Morgan fingerprint density at radius 2 is 2.12 bits per heavy atom. The molecule has 0 unspecified atom stereocenters. The van der Waals surface area contributed by atoms with Gasteiger partial charge in [-0.15, -0.1) is 6.58 Å². The van der Waals surface area contributed by atoms with Gasteiger partial charge in [0.1, 0.15) is 0 Å². The van der Waals surface area contributed by atoms with Crippen molar-refractivity contribution in [3.8, 4) is 0 Å². The third-order valence-corrected chi connectivity index (χ3v) is 7.32. The van der Waals surface area contributed by atoms with Crippen LogP contribution in [0.5, 0.6) is 0 Å². The standard InChI is InChI=1S/C21H32O3/c1-7-14-9-13(4)17-16(15(14)20(23)24-6)19(22)18-12(3)8-11(2)10-21(17,18)5/h7,9,11-12,14-19,22H,1,8,10H2,2-6H3/t11-,12+,14-,15+,16-,17+,18+,19+,21+/m1/s1. The fourth-order valence-electron chi connectivity index (χ4n) is 7.01. The summed E-state index contributed by atoms with van der Waals surface area (Å²) in [6, 6.07) is 0. The van der Waals surface area contributed by atoms with E-state index >= 15 is 0 Å². The summed E-state index contributed by atoms with van der Waals surface area (Å²) in [6.45, 7) is 13.0. The molecule has 0 spiro atoms. The lowest BCUT2D eigenvalue weighted by Gasteiger charge is -2.48. The van der Waals surface area contributed by atoms with Crippen molar-refractivity contribution < 1.29 is 14.6 Å². The first-order valence-electron chi connectivity index (χ1n) is 9.33. The highest BCUT2D eigenvalue weighted by molar-refractivity contribution is 5.74. The number of fused-ring (bicyclic) bond motifs is 3. The van der Waals surface area contributed by atoms with E-state index in [4.69, 9.17) is 4.74 Å². The summed E-state index contributed by atoms with van der Waals surface area (Å²) in [7, 11) is 1.45. The van der Waals surface area contributed by atoms with E-state index in [-0.39, 0.29) is 41.0 Å². The summed E-state index contributed by atoms with van der Waals surface area (Å²) in [5.41, 5.74) is 1.37. The molecule has 24 heavy (non-hydrogen) atoms. The van der Waals surface area contributed by atoms with Gasteiger partial charge in [0.15, 0.2) is 0 Å². The molecule has 134 valence electrons. The second kappa shape index (κ2) is 6.01. The number of hydrogen-bond donors (Lipinski definition) is 1. The third-order valence-electron chi connectivity index (χ3n) is 7.32. The van der Waals surface area contributed by atoms with E-state index in [1.54, 1.807) is 0 Å². The van der Waals surface area contributed by atoms with Crippen LogP contribution in [0.4, 0.5) is 0 Å². The molecule has 1 N–H and O–H groups in total. The lowest BCUT2D eigenvalue weighted by molar-refractivity contribution is -0.151. The van der Waals surface area contributed by atoms with Crippen LogP contribution < -0.4 is 0 Å². The minimum atomic E-state index is -0.447. The van der Waals surface area contributed by atoms with Gasteiger partial charge in [0, 0.05) is 11.8 Å². The maximum atomic E-state index is 12.6. The Bertz CT molecular complexity index is 565. The van der Waals surface area contributed by atoms with Crippen LogP contribution in [-0.2, 0) is 9.53 Å². The SMILES string of the molecule is C=C[C@@H]1C=C(C)[C@H]2[C@H]([C@H](O)[C@@H]3[C@@H](C)C[C@@H](C)C[C@]32C)[C@H]1C(=O)OC. The zero-order valence-corrected chi connectivity index (χ0v) is 15.7. The predicted molar refractivity (Wildman–Crippen MR) is 95.1 cm³/mol. The second-order valence-electron chi connectivity index (χ2n) is 8.87. The van der Waals surface area contributed by atoms with E-state index in [1.165, 1.54) is 12.7 Å². The van der Waals surface area contributed by atoms with Gasteiger partial charge in [-0.3, -0.25) is 4.79 Å². The molecule has 3 rings (SSSR count). The number of aliphatic hydroxyl groups excluding tert-OH is 1. The van der Waals surface area contributed by atoms with E-state index < -0.39 is 6.10 Å². The van der Waals surface area contributed by atoms with Crippen molar-refractivity contribution in [1.82, 2.24) is 0 Å². The van der Waals surface area contributed by atoms with Crippen molar-refractivity contribution >= 4 is 5.97 Å². The Labute approximate surface area is 146 Å². The van der Waals surface area contributed by atoms with Crippen molar-refractivity contribution in [1.29, 1.82) is 0 Å². The van der Waals surface area contributed by atoms with Gasteiger partial charge in [0.05, 0.1) is 19.1 Å². The first-order valence-corrected chi connectivity index (χ1v) is 9.33. The van der Waals surface area contributed by atoms with Crippen LogP contribution in [0.25, 0.3) is 0 Å². The molecule has 2 fully saturated rings. The molecule has 0 radical (unpaired) electrons. The average Bonchev–Trinajstić information content (AvgIpc) is 2.74. The normalized spacial score (nSPS) is 50.5. The minimum Gasteiger partial charge on any atom is -0.469 e. The second-order valence-corrected chi connectivity index (χ2v) is 8.87. The van der Waals surface area contributed by atoms with Gasteiger partial charge in [0.2, 0.25) is 0 Å². The first-order chi connectivity index (χ1) is 11.3. The van der Waals surface area contributed by atoms with Gasteiger partial charge >= 0.3 is 5.97 Å². The summed E-state index contributed by atoms with van der Waals surface area (Å²) in [6.07, 6.45) is 5.87. The molecule has 0 bridgehead atoms. The maximum Gasteiger partial charge on any atom is 0.309 e. The number of rotatable bonds is 2. The van der Waals surface area contributed by atoms with E-state index in [0.29, 0.717) is 11.8 Å². The summed E-state index contributed by atoms with van der Waals surface area (Å²) in [4.78, 5) is 12.6. The van der Waals surface area contributed by atoms with Crippen LogP contribution in [0.2, 0.25) is 0 Å². The smallest absolute Gasteiger partial charge is 0.309 e. The van der Waals surface area contributed by atoms with E-state index in [0.717, 1.165) is 12.8 Å². The molecule has 0 aromatic heterocycles. The minimum absolute atomic E-state index is 0.0511. The summed E-state index contributed by atoms with van der Waals surface area (Å²) in [5, 5.41) is 11.3. The topological polar surface area (TPSA) is 46.5 Å². The summed E-state index contributed by atoms with van der Waals surface area (Å²) < 4.78 is 5.12. The van der Waals surface area contributed by atoms with E-state index in [1.807, 2.05) is 6.08 Å². The number of carbonyl (C=O) groups is 1. The number of esters is 1. The van der Waals surface area contributed by atoms with Crippen LogP contribution >= 0.6 is 0 Å². The van der Waals surface area contributed by atoms with Crippen LogP contribution in [0, 0.1) is 46.8 Å². The van der Waals surface area contributed by atoms with Crippen molar-refractivity contribution in [2.24, 2.45) is 46.8 Å². The van der Waals surface area contributed by atoms with Gasteiger partial charge in [0.25, 0.3) is 0 Å². The number of methoxy groups -OCH3 is 1. The molecule has 2 saturated carbocycles. The van der Waals surface area contributed by atoms with E-state index in [2.05, 4.69) is 40.3 Å². The molecule has 0 aromatic rings.